The average Bonchev–Trinajstić information content (AvgIpc) is 3.30. The number of nitrogens with one attached hydrogen (secondary N) is 1. The molecular weight excluding hydrogens is 555 g/mol. The Bertz CT molecular complexity index is 1260. The number of aryl methyl sites for hydroxylation is 1. The number of benzene rings is 1. The summed E-state index contributed by atoms with van der Waals surface area (Å²) >= 11 is 0. The highest BCUT2D eigenvalue weighted by Gasteiger charge is 2.46. The van der Waals surface area contributed by atoms with Crippen LogP contribution >= 0.6 is 0 Å². The predicted octanol–water partition coefficient (Wildman–Crippen LogP) is 7.45. The molecular formula is C32H48F3N7O. The van der Waals surface area contributed by atoms with Crippen molar-refractivity contribution < 1.29 is 17.9 Å². The zero-order chi connectivity index (χ0) is 31.0. The Morgan fingerprint density at radius 3 is 2.16 bits per heavy atom. The third-order valence-corrected chi connectivity index (χ3v) is 8.07. The quantitative estimate of drug-likeness (QED) is 0.193. The van der Waals surface area contributed by atoms with Crippen molar-refractivity contribution in [2.45, 2.75) is 85.0 Å². The van der Waals surface area contributed by atoms with E-state index >= 15 is 0 Å². The molecule has 1 fully saturated rings. The molecule has 1 N–H and O–H groups in total. The van der Waals surface area contributed by atoms with E-state index in [0.717, 1.165) is 37.5 Å². The number of nitrogens with zero attached hydrogens (tertiary/aromatic N) is 6. The van der Waals surface area contributed by atoms with E-state index in [9.17, 15) is 13.2 Å². The fraction of sp³-hybridized carbons (Fsp3) is 0.656. The second-order valence-electron chi connectivity index (χ2n) is 12.5. The smallest absolute Gasteiger partial charge is 0.409 e. The van der Waals surface area contributed by atoms with Crippen LogP contribution in [0.5, 0.6) is 5.75 Å². The second-order valence-corrected chi connectivity index (χ2v) is 12.5. The number of fused-ring (bicyclic) bond motifs is 1. The molecule has 4 rings (SSSR count). The molecule has 2 aromatic heterocycles. The highest BCUT2D eigenvalue weighted by atomic mass is 19.4. The average molecular weight is 604 g/mol. The van der Waals surface area contributed by atoms with Gasteiger partial charge in [-0.2, -0.15) is 18.2 Å². The Morgan fingerprint density at radius 2 is 1.58 bits per heavy atom. The van der Waals surface area contributed by atoms with E-state index in [1.54, 1.807) is 12.0 Å². The summed E-state index contributed by atoms with van der Waals surface area (Å²) < 4.78 is 51.6. The molecule has 0 spiro atoms. The van der Waals surface area contributed by atoms with Gasteiger partial charge in [0.15, 0.2) is 17.3 Å². The molecule has 0 amide bonds. The van der Waals surface area contributed by atoms with Gasteiger partial charge in [0.2, 0.25) is 5.95 Å². The maximum absolute atomic E-state index is 14.8. The Morgan fingerprint density at radius 1 is 0.930 bits per heavy atom. The van der Waals surface area contributed by atoms with Gasteiger partial charge in [-0.25, -0.2) is 9.97 Å². The summed E-state index contributed by atoms with van der Waals surface area (Å²) in [6.07, 6.45) is 2.61. The third kappa shape index (κ3) is 9.28. The Balaban J connectivity index is 1.70. The van der Waals surface area contributed by atoms with Gasteiger partial charge in [0, 0.05) is 12.2 Å². The monoisotopic (exact) mass is 603 g/mol. The number of imidazole rings is 1. The number of rotatable bonds is 15. The van der Waals surface area contributed by atoms with E-state index < -0.39 is 12.2 Å². The molecule has 1 unspecified atom stereocenters. The van der Waals surface area contributed by atoms with E-state index in [2.05, 4.69) is 25.2 Å². The summed E-state index contributed by atoms with van der Waals surface area (Å²) in [4.78, 5) is 17.8. The molecule has 238 valence electrons. The number of aromatic nitrogens is 4. The number of hydrogen-bond donors (Lipinski definition) is 1. The van der Waals surface area contributed by atoms with E-state index in [-0.39, 0.29) is 17.5 Å². The van der Waals surface area contributed by atoms with Crippen molar-refractivity contribution in [1.29, 1.82) is 0 Å². The topological polar surface area (TPSA) is 71.3 Å². The van der Waals surface area contributed by atoms with Crippen molar-refractivity contribution in [3.8, 4) is 5.75 Å². The first-order valence-electron chi connectivity index (χ1n) is 15.7. The molecule has 1 aromatic carbocycles. The first-order chi connectivity index (χ1) is 20.5. The third-order valence-electron chi connectivity index (χ3n) is 8.07. The fourth-order valence-electron chi connectivity index (χ4n) is 5.56. The van der Waals surface area contributed by atoms with Crippen LogP contribution in [0.4, 0.5) is 24.8 Å². The highest BCUT2D eigenvalue weighted by molar-refractivity contribution is 5.72. The van der Waals surface area contributed by atoms with Gasteiger partial charge in [0.05, 0.1) is 19.0 Å². The van der Waals surface area contributed by atoms with Crippen LogP contribution in [0.1, 0.15) is 78.0 Å². The van der Waals surface area contributed by atoms with Crippen LogP contribution in [-0.2, 0) is 6.54 Å². The maximum Gasteiger partial charge on any atom is 0.409 e. The number of likely N-dealkylation sites (tertiary alicyclic amines) is 1. The summed E-state index contributed by atoms with van der Waals surface area (Å²) in [7, 11) is 1.61. The maximum atomic E-state index is 14.8. The zero-order valence-electron chi connectivity index (χ0n) is 26.3. The summed E-state index contributed by atoms with van der Waals surface area (Å²) in [6.45, 7) is 12.5. The first kappa shape index (κ1) is 33.0. The van der Waals surface area contributed by atoms with E-state index in [0.29, 0.717) is 49.7 Å². The lowest BCUT2D eigenvalue weighted by molar-refractivity contribution is -0.188. The van der Waals surface area contributed by atoms with Crippen molar-refractivity contribution in [1.82, 2.24) is 29.3 Å². The van der Waals surface area contributed by atoms with Gasteiger partial charge < -0.3 is 15.0 Å². The van der Waals surface area contributed by atoms with Gasteiger partial charge in [0.25, 0.3) is 0 Å². The number of alkyl halides is 3. The Kier molecular flexibility index (Phi) is 11.7. The zero-order valence-corrected chi connectivity index (χ0v) is 26.3. The van der Waals surface area contributed by atoms with Gasteiger partial charge in [-0.05, 0) is 101 Å². The number of halogens is 3. The van der Waals surface area contributed by atoms with Crippen molar-refractivity contribution in [3.05, 3.63) is 36.2 Å². The van der Waals surface area contributed by atoms with Crippen molar-refractivity contribution >= 4 is 22.9 Å². The lowest BCUT2D eigenvalue weighted by Gasteiger charge is -2.33. The predicted molar refractivity (Wildman–Crippen MR) is 166 cm³/mol. The molecule has 1 aliphatic rings. The first-order valence-corrected chi connectivity index (χ1v) is 15.7. The van der Waals surface area contributed by atoms with Crippen LogP contribution in [-0.4, -0.2) is 75.3 Å². The fourth-order valence-corrected chi connectivity index (χ4v) is 5.56. The SMILES string of the molecule is COc1ccc(Nc2nc3ncc(C(N(CCC(C)C)CCC(C)C)C(F)(F)F)nc3n2CCCN2CCCCC2)cc1. The molecule has 8 nitrogen and oxygen atoms in total. The normalized spacial score (nSPS) is 15.6. The molecule has 1 aliphatic heterocycles. The number of methoxy groups -OCH3 is 1. The number of piperidine rings is 1. The number of hydrogen-bond acceptors (Lipinski definition) is 7. The van der Waals surface area contributed by atoms with Crippen molar-refractivity contribution in [3.63, 3.8) is 0 Å². The summed E-state index contributed by atoms with van der Waals surface area (Å²) in [5.74, 6) is 1.82. The van der Waals surface area contributed by atoms with Crippen LogP contribution in [0.2, 0.25) is 0 Å². The second kappa shape index (κ2) is 15.2. The molecule has 0 radical (unpaired) electrons. The van der Waals surface area contributed by atoms with Crippen molar-refractivity contribution in [2.24, 2.45) is 11.8 Å². The standard InChI is InChI=1S/C32H48F3N7O/c1-23(2)14-20-41(21-15-24(3)4)28(32(33,34)35)27-22-36-29-30(38-27)42(19-9-18-40-16-7-6-8-17-40)31(39-29)37-25-10-12-26(43-5)13-11-25/h10-13,22-24,28H,6-9,14-21H2,1-5H3,(H,36,37,39). The van der Waals surface area contributed by atoms with Crippen LogP contribution in [0.3, 0.4) is 0 Å². The lowest BCUT2D eigenvalue weighted by atomic mass is 10.1. The number of anilines is 2. The van der Waals surface area contributed by atoms with Crippen LogP contribution in [0.15, 0.2) is 30.5 Å². The molecule has 0 saturated carbocycles. The molecule has 0 aliphatic carbocycles. The minimum Gasteiger partial charge on any atom is -0.497 e. The Hall–Kier alpha value is -2.92. The summed E-state index contributed by atoms with van der Waals surface area (Å²) in [6, 6.07) is 5.61. The minimum atomic E-state index is -4.50. The van der Waals surface area contributed by atoms with E-state index in [1.807, 2.05) is 56.5 Å². The Labute approximate surface area is 254 Å². The van der Waals surface area contributed by atoms with Crippen molar-refractivity contribution in [2.75, 3.05) is 45.2 Å². The van der Waals surface area contributed by atoms with Gasteiger partial charge in [-0.15, -0.1) is 0 Å². The highest BCUT2D eigenvalue weighted by Crippen LogP contribution is 2.38. The minimum absolute atomic E-state index is 0.0827. The molecule has 3 heterocycles. The largest absolute Gasteiger partial charge is 0.497 e. The van der Waals surface area contributed by atoms with Crippen LogP contribution in [0.25, 0.3) is 11.3 Å². The lowest BCUT2D eigenvalue weighted by Crippen LogP contribution is -2.41. The van der Waals surface area contributed by atoms with Gasteiger partial charge in [0.1, 0.15) is 5.75 Å². The molecule has 1 atom stereocenters. The summed E-state index contributed by atoms with van der Waals surface area (Å²) in [5, 5.41) is 3.34. The molecule has 3 aromatic rings. The van der Waals surface area contributed by atoms with Crippen LogP contribution in [0, 0.1) is 11.8 Å². The number of ether oxygens (including phenoxy) is 1. The van der Waals surface area contributed by atoms with Gasteiger partial charge in [-0.3, -0.25) is 9.47 Å². The molecule has 1 saturated heterocycles. The van der Waals surface area contributed by atoms with E-state index in [4.69, 9.17) is 4.74 Å². The molecule has 0 bridgehead atoms. The van der Waals surface area contributed by atoms with E-state index in [1.165, 1.54) is 25.5 Å². The van der Waals surface area contributed by atoms with Gasteiger partial charge >= 0.3 is 6.18 Å². The van der Waals surface area contributed by atoms with Gasteiger partial charge in [-0.1, -0.05) is 34.1 Å². The van der Waals surface area contributed by atoms with Crippen LogP contribution < -0.4 is 10.1 Å². The molecule has 11 heteroatoms. The molecule has 43 heavy (non-hydrogen) atoms. The summed E-state index contributed by atoms with van der Waals surface area (Å²) in [5.41, 5.74) is 1.40.